The Morgan fingerprint density at radius 3 is 2.50 bits per heavy atom. The summed E-state index contributed by atoms with van der Waals surface area (Å²) in [5.74, 6) is 3.30. The third-order valence-electron chi connectivity index (χ3n) is 4.12. The molecular formula is C14H25NO. The molecule has 0 spiro atoms. The molecule has 0 aromatic rings. The van der Waals surface area contributed by atoms with Crippen LogP contribution in [0, 0.1) is 23.7 Å². The van der Waals surface area contributed by atoms with Gasteiger partial charge in [-0.3, -0.25) is 4.79 Å². The maximum atomic E-state index is 11.8. The van der Waals surface area contributed by atoms with Gasteiger partial charge in [0, 0.05) is 12.5 Å². The molecule has 2 heteroatoms. The molecule has 1 N–H and O–H groups in total. The van der Waals surface area contributed by atoms with Crippen molar-refractivity contribution in [2.75, 3.05) is 6.54 Å². The van der Waals surface area contributed by atoms with Gasteiger partial charge in [-0.2, -0.15) is 0 Å². The van der Waals surface area contributed by atoms with E-state index in [0.29, 0.717) is 11.8 Å². The van der Waals surface area contributed by atoms with Gasteiger partial charge in [0.1, 0.15) is 0 Å². The summed E-state index contributed by atoms with van der Waals surface area (Å²) in [6.07, 6.45) is 7.41. The van der Waals surface area contributed by atoms with E-state index in [1.165, 1.54) is 32.1 Å². The monoisotopic (exact) mass is 223 g/mol. The molecule has 2 nitrogen and oxygen atoms in total. The van der Waals surface area contributed by atoms with Gasteiger partial charge in [-0.25, -0.2) is 0 Å². The lowest BCUT2D eigenvalue weighted by atomic mass is 10.0. The zero-order valence-corrected chi connectivity index (χ0v) is 10.7. The zero-order chi connectivity index (χ0) is 11.5. The number of carbonyl (C=O) groups is 1. The van der Waals surface area contributed by atoms with Crippen molar-refractivity contribution in [2.45, 2.75) is 52.4 Å². The third-order valence-corrected chi connectivity index (χ3v) is 4.12. The first kappa shape index (κ1) is 11.9. The molecule has 2 aliphatic carbocycles. The maximum absolute atomic E-state index is 11.8. The Balaban J connectivity index is 1.51. The number of fused-ring (bicyclic) bond motifs is 1. The first-order valence-electron chi connectivity index (χ1n) is 6.94. The Labute approximate surface area is 99.2 Å². The predicted octanol–water partition coefficient (Wildman–Crippen LogP) is 2.98. The van der Waals surface area contributed by atoms with Crippen LogP contribution in [0.15, 0.2) is 0 Å². The molecule has 2 rings (SSSR count). The summed E-state index contributed by atoms with van der Waals surface area (Å²) in [5, 5.41) is 3.10. The molecule has 0 saturated heterocycles. The van der Waals surface area contributed by atoms with Crippen LogP contribution in [0.5, 0.6) is 0 Å². The lowest BCUT2D eigenvalue weighted by Gasteiger charge is -2.12. The highest BCUT2D eigenvalue weighted by molar-refractivity contribution is 5.79. The summed E-state index contributed by atoms with van der Waals surface area (Å²) in [6.45, 7) is 5.39. The summed E-state index contributed by atoms with van der Waals surface area (Å²) >= 11 is 0. The van der Waals surface area contributed by atoms with Crippen molar-refractivity contribution in [1.82, 2.24) is 5.32 Å². The summed E-state index contributed by atoms with van der Waals surface area (Å²) < 4.78 is 0. The van der Waals surface area contributed by atoms with E-state index in [1.54, 1.807) is 0 Å². The molecule has 2 saturated carbocycles. The van der Waals surface area contributed by atoms with E-state index in [2.05, 4.69) is 19.2 Å². The molecule has 2 unspecified atom stereocenters. The topological polar surface area (TPSA) is 29.1 Å². The molecule has 2 atom stereocenters. The Hall–Kier alpha value is -0.530. The molecule has 1 amide bonds. The number of amides is 1. The predicted molar refractivity (Wildman–Crippen MR) is 66.0 cm³/mol. The van der Waals surface area contributed by atoms with Crippen LogP contribution in [0.25, 0.3) is 0 Å². The Morgan fingerprint density at radius 1 is 1.19 bits per heavy atom. The SMILES string of the molecule is CC(C)CCCCNC(=O)C1CC2CC2C1. The number of rotatable bonds is 6. The molecular weight excluding hydrogens is 198 g/mol. The van der Waals surface area contributed by atoms with Crippen molar-refractivity contribution in [2.24, 2.45) is 23.7 Å². The molecule has 92 valence electrons. The number of hydrogen-bond donors (Lipinski definition) is 1. The summed E-state index contributed by atoms with van der Waals surface area (Å²) in [5.41, 5.74) is 0. The van der Waals surface area contributed by atoms with E-state index < -0.39 is 0 Å². The molecule has 0 aromatic carbocycles. The highest BCUT2D eigenvalue weighted by Crippen LogP contribution is 2.54. The molecule has 2 aliphatic rings. The van der Waals surface area contributed by atoms with Crippen LogP contribution in [0.3, 0.4) is 0 Å². The molecule has 16 heavy (non-hydrogen) atoms. The third kappa shape index (κ3) is 3.23. The first-order chi connectivity index (χ1) is 7.66. The first-order valence-corrected chi connectivity index (χ1v) is 6.94. The van der Waals surface area contributed by atoms with E-state index in [1.807, 2.05) is 0 Å². The van der Waals surface area contributed by atoms with Crippen LogP contribution in [-0.2, 0) is 4.79 Å². The molecule has 0 bridgehead atoms. The summed E-state index contributed by atoms with van der Waals surface area (Å²) in [4.78, 5) is 11.8. The Morgan fingerprint density at radius 2 is 1.88 bits per heavy atom. The second kappa shape index (κ2) is 5.20. The highest BCUT2D eigenvalue weighted by Gasteiger charge is 2.47. The van der Waals surface area contributed by atoms with E-state index in [4.69, 9.17) is 0 Å². The average molecular weight is 223 g/mol. The fraction of sp³-hybridized carbons (Fsp3) is 0.929. The van der Waals surface area contributed by atoms with Crippen LogP contribution in [-0.4, -0.2) is 12.5 Å². The minimum absolute atomic E-state index is 0.330. The largest absolute Gasteiger partial charge is 0.356 e. The van der Waals surface area contributed by atoms with Crippen molar-refractivity contribution in [3.8, 4) is 0 Å². The maximum Gasteiger partial charge on any atom is 0.223 e. The minimum atomic E-state index is 0.330. The van der Waals surface area contributed by atoms with Gasteiger partial charge in [0.05, 0.1) is 0 Å². The van der Waals surface area contributed by atoms with Crippen LogP contribution in [0.1, 0.15) is 52.4 Å². The number of carbonyl (C=O) groups excluding carboxylic acids is 1. The average Bonchev–Trinajstić information content (AvgIpc) is 2.84. The van der Waals surface area contributed by atoms with E-state index >= 15 is 0 Å². The quantitative estimate of drug-likeness (QED) is 0.689. The molecule has 0 heterocycles. The fourth-order valence-corrected chi connectivity index (χ4v) is 2.96. The number of unbranched alkanes of at least 4 members (excludes halogenated alkanes) is 1. The smallest absolute Gasteiger partial charge is 0.223 e. The van der Waals surface area contributed by atoms with Gasteiger partial charge in [-0.05, 0) is 43.4 Å². The van der Waals surface area contributed by atoms with Crippen LogP contribution < -0.4 is 5.32 Å². The lowest BCUT2D eigenvalue weighted by Crippen LogP contribution is -2.30. The van der Waals surface area contributed by atoms with E-state index in [0.717, 1.165) is 30.7 Å². The van der Waals surface area contributed by atoms with Gasteiger partial charge in [-0.1, -0.05) is 26.7 Å². The normalized spacial score (nSPS) is 31.6. The molecule has 0 aliphatic heterocycles. The van der Waals surface area contributed by atoms with Crippen molar-refractivity contribution in [1.29, 1.82) is 0 Å². The highest BCUT2D eigenvalue weighted by atomic mass is 16.1. The Kier molecular flexibility index (Phi) is 3.88. The minimum Gasteiger partial charge on any atom is -0.356 e. The van der Waals surface area contributed by atoms with E-state index in [9.17, 15) is 4.79 Å². The van der Waals surface area contributed by atoms with Crippen molar-refractivity contribution in [3.05, 3.63) is 0 Å². The van der Waals surface area contributed by atoms with Gasteiger partial charge < -0.3 is 5.32 Å². The summed E-state index contributed by atoms with van der Waals surface area (Å²) in [6, 6.07) is 0. The lowest BCUT2D eigenvalue weighted by molar-refractivity contribution is -0.125. The molecule has 2 fully saturated rings. The van der Waals surface area contributed by atoms with Gasteiger partial charge in [0.25, 0.3) is 0 Å². The van der Waals surface area contributed by atoms with E-state index in [-0.39, 0.29) is 0 Å². The van der Waals surface area contributed by atoms with Crippen LogP contribution >= 0.6 is 0 Å². The van der Waals surface area contributed by atoms with Gasteiger partial charge in [0.15, 0.2) is 0 Å². The fourth-order valence-electron chi connectivity index (χ4n) is 2.96. The standard InChI is InChI=1S/C14H25NO/c1-10(2)5-3-4-6-15-14(16)13-8-11-7-12(11)9-13/h10-13H,3-9H2,1-2H3,(H,15,16). The second-order valence-electron chi connectivity index (χ2n) is 6.10. The number of nitrogens with one attached hydrogen (secondary N) is 1. The van der Waals surface area contributed by atoms with Crippen molar-refractivity contribution in [3.63, 3.8) is 0 Å². The van der Waals surface area contributed by atoms with Gasteiger partial charge in [0.2, 0.25) is 5.91 Å². The molecule has 0 aromatic heterocycles. The van der Waals surface area contributed by atoms with Crippen LogP contribution in [0.2, 0.25) is 0 Å². The van der Waals surface area contributed by atoms with Crippen molar-refractivity contribution < 1.29 is 4.79 Å². The van der Waals surface area contributed by atoms with Gasteiger partial charge >= 0.3 is 0 Å². The summed E-state index contributed by atoms with van der Waals surface area (Å²) in [7, 11) is 0. The zero-order valence-electron chi connectivity index (χ0n) is 10.7. The number of hydrogen-bond acceptors (Lipinski definition) is 1. The second-order valence-corrected chi connectivity index (χ2v) is 6.10. The van der Waals surface area contributed by atoms with Crippen LogP contribution in [0.4, 0.5) is 0 Å². The van der Waals surface area contributed by atoms with Gasteiger partial charge in [-0.15, -0.1) is 0 Å². The molecule has 0 radical (unpaired) electrons. The Bertz CT molecular complexity index is 239. The van der Waals surface area contributed by atoms with Crippen molar-refractivity contribution >= 4 is 5.91 Å².